The van der Waals surface area contributed by atoms with E-state index in [4.69, 9.17) is 4.42 Å². The van der Waals surface area contributed by atoms with E-state index in [1.54, 1.807) is 12.4 Å². The molecule has 1 fully saturated rings. The van der Waals surface area contributed by atoms with Gasteiger partial charge in [0, 0.05) is 50.7 Å². The summed E-state index contributed by atoms with van der Waals surface area (Å²) >= 11 is 0. The second kappa shape index (κ2) is 7.55. The van der Waals surface area contributed by atoms with Gasteiger partial charge in [-0.2, -0.15) is 0 Å². The fraction of sp³-hybridized carbons (Fsp3) is 0.316. The van der Waals surface area contributed by atoms with E-state index >= 15 is 0 Å². The van der Waals surface area contributed by atoms with Gasteiger partial charge in [0.25, 0.3) is 0 Å². The Labute approximate surface area is 147 Å². The molecule has 25 heavy (non-hydrogen) atoms. The standard InChI is InChI=1S/C19H21N5O/c1-2-4-16(5-3-1)14-23-10-12-24(13-11-23)15-18-21-22-19(25-18)17-6-8-20-9-7-17/h1-9H,10-15H2. The maximum absolute atomic E-state index is 5.79. The Hall–Kier alpha value is -2.57. The van der Waals surface area contributed by atoms with Crippen molar-refractivity contribution in [3.05, 3.63) is 66.3 Å². The van der Waals surface area contributed by atoms with E-state index in [-0.39, 0.29) is 0 Å². The molecule has 3 heterocycles. The third kappa shape index (κ3) is 4.10. The molecular weight excluding hydrogens is 314 g/mol. The Kier molecular flexibility index (Phi) is 4.81. The Bertz CT molecular complexity index is 782. The second-order valence-corrected chi connectivity index (χ2v) is 6.27. The topological polar surface area (TPSA) is 58.3 Å². The molecule has 1 aromatic carbocycles. The van der Waals surface area contributed by atoms with Gasteiger partial charge in [-0.1, -0.05) is 30.3 Å². The molecule has 0 saturated carbocycles. The highest BCUT2D eigenvalue weighted by Crippen LogP contribution is 2.17. The summed E-state index contributed by atoms with van der Waals surface area (Å²) in [5, 5.41) is 8.32. The van der Waals surface area contributed by atoms with Crippen LogP contribution in [0.1, 0.15) is 11.5 Å². The molecule has 1 aliphatic heterocycles. The molecule has 128 valence electrons. The minimum absolute atomic E-state index is 0.556. The van der Waals surface area contributed by atoms with Crippen molar-refractivity contribution in [3.8, 4) is 11.5 Å². The van der Waals surface area contributed by atoms with Gasteiger partial charge in [0.2, 0.25) is 11.8 Å². The lowest BCUT2D eigenvalue weighted by Gasteiger charge is -2.33. The molecule has 1 aliphatic rings. The largest absolute Gasteiger partial charge is 0.419 e. The molecule has 0 N–H and O–H groups in total. The van der Waals surface area contributed by atoms with Crippen LogP contribution in [-0.4, -0.2) is 51.2 Å². The van der Waals surface area contributed by atoms with Gasteiger partial charge in [0.15, 0.2) is 0 Å². The van der Waals surface area contributed by atoms with Crippen molar-refractivity contribution in [2.24, 2.45) is 0 Å². The van der Waals surface area contributed by atoms with Gasteiger partial charge >= 0.3 is 0 Å². The van der Waals surface area contributed by atoms with Crippen LogP contribution in [0.5, 0.6) is 0 Å². The fourth-order valence-electron chi connectivity index (χ4n) is 3.07. The zero-order chi connectivity index (χ0) is 16.9. The number of pyridine rings is 1. The van der Waals surface area contributed by atoms with Crippen LogP contribution in [0.2, 0.25) is 0 Å². The number of hydrogen-bond donors (Lipinski definition) is 0. The molecule has 0 unspecified atom stereocenters. The lowest BCUT2D eigenvalue weighted by Crippen LogP contribution is -2.45. The van der Waals surface area contributed by atoms with E-state index in [1.807, 2.05) is 12.1 Å². The molecule has 1 saturated heterocycles. The van der Waals surface area contributed by atoms with E-state index in [9.17, 15) is 0 Å². The van der Waals surface area contributed by atoms with Gasteiger partial charge < -0.3 is 4.42 Å². The predicted molar refractivity (Wildman–Crippen MR) is 94.5 cm³/mol. The predicted octanol–water partition coefficient (Wildman–Crippen LogP) is 2.45. The normalized spacial score (nSPS) is 16.2. The van der Waals surface area contributed by atoms with Crippen molar-refractivity contribution in [1.29, 1.82) is 0 Å². The summed E-state index contributed by atoms with van der Waals surface area (Å²) in [5.41, 5.74) is 2.27. The molecule has 0 atom stereocenters. The van der Waals surface area contributed by atoms with Gasteiger partial charge in [-0.15, -0.1) is 10.2 Å². The van der Waals surface area contributed by atoms with Gasteiger partial charge in [-0.3, -0.25) is 14.8 Å². The fourth-order valence-corrected chi connectivity index (χ4v) is 3.07. The van der Waals surface area contributed by atoms with Crippen molar-refractivity contribution < 1.29 is 4.42 Å². The highest BCUT2D eigenvalue weighted by atomic mass is 16.4. The molecule has 2 aromatic heterocycles. The zero-order valence-corrected chi connectivity index (χ0v) is 14.1. The van der Waals surface area contributed by atoms with Crippen LogP contribution in [0.25, 0.3) is 11.5 Å². The smallest absolute Gasteiger partial charge is 0.247 e. The Morgan fingerprint density at radius 3 is 2.20 bits per heavy atom. The van der Waals surface area contributed by atoms with Gasteiger partial charge in [-0.05, 0) is 17.7 Å². The summed E-state index contributed by atoms with van der Waals surface area (Å²) in [5.74, 6) is 1.23. The molecule has 3 aromatic rings. The number of hydrogen-bond acceptors (Lipinski definition) is 6. The molecule has 0 radical (unpaired) electrons. The van der Waals surface area contributed by atoms with Crippen molar-refractivity contribution in [1.82, 2.24) is 25.0 Å². The second-order valence-electron chi connectivity index (χ2n) is 6.27. The maximum Gasteiger partial charge on any atom is 0.247 e. The van der Waals surface area contributed by atoms with Crippen molar-refractivity contribution in [2.75, 3.05) is 26.2 Å². The summed E-state index contributed by atoms with van der Waals surface area (Å²) in [7, 11) is 0. The van der Waals surface area contributed by atoms with Gasteiger partial charge in [0.1, 0.15) is 0 Å². The van der Waals surface area contributed by atoms with Crippen molar-refractivity contribution >= 4 is 0 Å². The third-order valence-electron chi connectivity index (χ3n) is 4.47. The zero-order valence-electron chi connectivity index (χ0n) is 14.1. The maximum atomic E-state index is 5.79. The first-order valence-corrected chi connectivity index (χ1v) is 8.58. The number of piperazine rings is 1. The molecule has 0 amide bonds. The minimum Gasteiger partial charge on any atom is -0.419 e. The number of benzene rings is 1. The quantitative estimate of drug-likeness (QED) is 0.714. The average Bonchev–Trinajstić information content (AvgIpc) is 3.14. The summed E-state index contributed by atoms with van der Waals surface area (Å²) in [6.07, 6.45) is 3.45. The van der Waals surface area contributed by atoms with Crippen molar-refractivity contribution in [2.45, 2.75) is 13.1 Å². The molecule has 6 nitrogen and oxygen atoms in total. The molecule has 0 aliphatic carbocycles. The monoisotopic (exact) mass is 335 g/mol. The highest BCUT2D eigenvalue weighted by molar-refractivity contribution is 5.50. The van der Waals surface area contributed by atoms with Crippen LogP contribution < -0.4 is 0 Å². The molecule has 0 bridgehead atoms. The number of nitrogens with zero attached hydrogens (tertiary/aromatic N) is 5. The molecule has 4 rings (SSSR count). The average molecular weight is 335 g/mol. The Balaban J connectivity index is 1.30. The highest BCUT2D eigenvalue weighted by Gasteiger charge is 2.19. The first-order valence-electron chi connectivity index (χ1n) is 8.58. The summed E-state index contributed by atoms with van der Waals surface area (Å²) < 4.78 is 5.79. The van der Waals surface area contributed by atoms with Crippen LogP contribution in [0.15, 0.2) is 59.3 Å². The molecule has 0 spiro atoms. The van der Waals surface area contributed by atoms with Gasteiger partial charge in [-0.25, -0.2) is 0 Å². The SMILES string of the molecule is c1ccc(CN2CCN(Cc3nnc(-c4ccncc4)o3)CC2)cc1. The van der Waals surface area contributed by atoms with E-state index in [2.05, 4.69) is 55.3 Å². The molecule has 6 heteroatoms. The third-order valence-corrected chi connectivity index (χ3v) is 4.47. The summed E-state index contributed by atoms with van der Waals surface area (Å²) in [6.45, 7) is 5.86. The van der Waals surface area contributed by atoms with E-state index in [1.165, 1.54) is 5.56 Å². The van der Waals surface area contributed by atoms with Gasteiger partial charge in [0.05, 0.1) is 6.54 Å². The first-order chi connectivity index (χ1) is 12.4. The van der Waals surface area contributed by atoms with E-state index < -0.39 is 0 Å². The van der Waals surface area contributed by atoms with E-state index in [0.29, 0.717) is 18.3 Å². The summed E-state index contributed by atoms with van der Waals surface area (Å²) in [6, 6.07) is 14.4. The van der Waals surface area contributed by atoms with Crippen LogP contribution >= 0.6 is 0 Å². The minimum atomic E-state index is 0.556. The van der Waals surface area contributed by atoms with Crippen LogP contribution in [0.3, 0.4) is 0 Å². The van der Waals surface area contributed by atoms with Crippen LogP contribution in [0, 0.1) is 0 Å². The number of rotatable bonds is 5. The van der Waals surface area contributed by atoms with Crippen LogP contribution in [-0.2, 0) is 13.1 Å². The lowest BCUT2D eigenvalue weighted by molar-refractivity contribution is 0.114. The number of aromatic nitrogens is 3. The van der Waals surface area contributed by atoms with Crippen LogP contribution in [0.4, 0.5) is 0 Å². The van der Waals surface area contributed by atoms with Crippen molar-refractivity contribution in [3.63, 3.8) is 0 Å². The van der Waals surface area contributed by atoms with E-state index in [0.717, 1.165) is 38.3 Å². The Morgan fingerprint density at radius 1 is 0.800 bits per heavy atom. The Morgan fingerprint density at radius 2 is 1.48 bits per heavy atom. The lowest BCUT2D eigenvalue weighted by atomic mass is 10.2. The first kappa shape index (κ1) is 15.9. The summed E-state index contributed by atoms with van der Waals surface area (Å²) in [4.78, 5) is 8.86. The molecular formula is C19H21N5O.